The molecule has 0 atom stereocenters. The van der Waals surface area contributed by atoms with Crippen molar-refractivity contribution >= 4 is 34.1 Å². The highest BCUT2D eigenvalue weighted by Crippen LogP contribution is 2.31. The van der Waals surface area contributed by atoms with Crippen LogP contribution >= 0.6 is 11.6 Å². The number of ether oxygens (including phenoxy) is 1. The van der Waals surface area contributed by atoms with Gasteiger partial charge < -0.3 is 15.4 Å². The number of amides is 1. The van der Waals surface area contributed by atoms with Crippen molar-refractivity contribution in [3.05, 3.63) is 106 Å². The Kier molecular flexibility index (Phi) is 7.32. The Bertz CT molecular complexity index is 1400. The molecule has 2 aromatic heterocycles. The Labute approximate surface area is 210 Å². The molecule has 7 heteroatoms. The summed E-state index contributed by atoms with van der Waals surface area (Å²) < 4.78 is 6.20. The number of carbonyl (C=O) groups excluding carboxylic acids is 1. The second-order valence-electron chi connectivity index (χ2n) is 8.31. The summed E-state index contributed by atoms with van der Waals surface area (Å²) in [4.78, 5) is 21.8. The molecule has 4 aromatic rings. The second kappa shape index (κ2) is 10.6. The van der Waals surface area contributed by atoms with Crippen LogP contribution in [0.4, 0.5) is 5.69 Å². The average Bonchev–Trinajstić information content (AvgIpc) is 2.82. The third-order valence-electron chi connectivity index (χ3n) is 5.80. The summed E-state index contributed by atoms with van der Waals surface area (Å²) in [6.45, 7) is 10.0. The zero-order chi connectivity index (χ0) is 24.9. The lowest BCUT2D eigenvalue weighted by atomic mass is 10.0. The van der Waals surface area contributed by atoms with Crippen LogP contribution in [0.5, 0.6) is 5.75 Å². The number of nitrogens with one attached hydrogen (secondary N) is 2. The van der Waals surface area contributed by atoms with Gasteiger partial charge in [0.25, 0.3) is 5.91 Å². The molecule has 0 saturated carbocycles. The number of anilines is 1. The Morgan fingerprint density at radius 1 is 1.11 bits per heavy atom. The highest BCUT2D eigenvalue weighted by Gasteiger charge is 2.15. The van der Waals surface area contributed by atoms with Gasteiger partial charge in [0.1, 0.15) is 17.9 Å². The maximum Gasteiger partial charge on any atom is 0.252 e. The number of para-hydroxylation sites is 1. The van der Waals surface area contributed by atoms with Gasteiger partial charge in [0.05, 0.1) is 5.02 Å². The molecule has 1 amide bonds. The van der Waals surface area contributed by atoms with Crippen LogP contribution in [0, 0.1) is 20.8 Å². The van der Waals surface area contributed by atoms with Crippen LogP contribution in [0.3, 0.4) is 0 Å². The number of fused-ring (bicyclic) bond motifs is 1. The molecule has 0 aliphatic heterocycles. The smallest absolute Gasteiger partial charge is 0.252 e. The highest BCUT2D eigenvalue weighted by molar-refractivity contribution is 6.31. The minimum Gasteiger partial charge on any atom is -0.487 e. The molecular formula is C28H27ClN4O2. The van der Waals surface area contributed by atoms with Crippen LogP contribution in [0.25, 0.3) is 10.9 Å². The first kappa shape index (κ1) is 24.2. The number of rotatable bonds is 8. The molecule has 0 aliphatic carbocycles. The molecule has 6 nitrogen and oxygen atoms in total. The minimum atomic E-state index is -0.136. The van der Waals surface area contributed by atoms with E-state index in [1.165, 1.54) is 0 Å². The Morgan fingerprint density at radius 3 is 2.60 bits per heavy atom. The first-order valence-corrected chi connectivity index (χ1v) is 11.6. The van der Waals surface area contributed by atoms with Crippen LogP contribution < -0.4 is 15.4 Å². The number of aryl methyl sites for hydroxylation is 3. The number of benzene rings is 2. The molecule has 2 aromatic carbocycles. The molecule has 0 spiro atoms. The molecular weight excluding hydrogens is 460 g/mol. The van der Waals surface area contributed by atoms with Crippen molar-refractivity contribution in [2.75, 3.05) is 5.32 Å². The van der Waals surface area contributed by atoms with Crippen molar-refractivity contribution in [2.45, 2.75) is 33.9 Å². The molecule has 0 aliphatic rings. The van der Waals surface area contributed by atoms with Gasteiger partial charge in [-0.1, -0.05) is 48.5 Å². The minimum absolute atomic E-state index is 0.136. The summed E-state index contributed by atoms with van der Waals surface area (Å²) in [5.41, 5.74) is 6.60. The number of aromatic nitrogens is 2. The predicted octanol–water partition coefficient (Wildman–Crippen LogP) is 6.27. The van der Waals surface area contributed by atoms with Gasteiger partial charge in [-0.25, -0.2) is 4.98 Å². The van der Waals surface area contributed by atoms with E-state index in [1.807, 2.05) is 63.2 Å². The fourth-order valence-corrected chi connectivity index (χ4v) is 4.33. The molecule has 0 saturated heterocycles. The Hall–Kier alpha value is -3.90. The summed E-state index contributed by atoms with van der Waals surface area (Å²) in [5.74, 6) is 0.500. The molecule has 0 bridgehead atoms. The lowest BCUT2D eigenvalue weighted by molar-refractivity contribution is 0.0949. The van der Waals surface area contributed by atoms with Crippen LogP contribution in [-0.2, 0) is 13.2 Å². The summed E-state index contributed by atoms with van der Waals surface area (Å²) in [6, 6.07) is 13.5. The quantitative estimate of drug-likeness (QED) is 0.307. The number of carbonyl (C=O) groups is 1. The van der Waals surface area contributed by atoms with E-state index in [1.54, 1.807) is 18.6 Å². The van der Waals surface area contributed by atoms with Gasteiger partial charge in [0, 0.05) is 46.8 Å². The number of pyridine rings is 2. The van der Waals surface area contributed by atoms with E-state index in [0.29, 0.717) is 16.3 Å². The van der Waals surface area contributed by atoms with Crippen molar-refractivity contribution in [1.82, 2.24) is 15.3 Å². The predicted molar refractivity (Wildman–Crippen MR) is 141 cm³/mol. The van der Waals surface area contributed by atoms with Gasteiger partial charge in [-0.15, -0.1) is 0 Å². The maximum absolute atomic E-state index is 12.9. The van der Waals surface area contributed by atoms with Gasteiger partial charge in [-0.3, -0.25) is 9.78 Å². The monoisotopic (exact) mass is 486 g/mol. The van der Waals surface area contributed by atoms with E-state index in [-0.39, 0.29) is 19.1 Å². The van der Waals surface area contributed by atoms with E-state index in [2.05, 4.69) is 27.2 Å². The van der Waals surface area contributed by atoms with E-state index >= 15 is 0 Å². The van der Waals surface area contributed by atoms with Crippen LogP contribution in [-0.4, -0.2) is 15.9 Å². The molecule has 2 heterocycles. The number of nitrogens with zero attached hydrogens (tertiary/aromatic N) is 2. The molecule has 0 unspecified atom stereocenters. The fourth-order valence-electron chi connectivity index (χ4n) is 4.10. The molecule has 2 N–H and O–H groups in total. The average molecular weight is 487 g/mol. The summed E-state index contributed by atoms with van der Waals surface area (Å²) in [6.07, 6.45) is 4.92. The largest absolute Gasteiger partial charge is 0.487 e. The summed E-state index contributed by atoms with van der Waals surface area (Å²) >= 11 is 6.50. The van der Waals surface area contributed by atoms with E-state index in [0.717, 1.165) is 44.5 Å². The summed E-state index contributed by atoms with van der Waals surface area (Å²) in [7, 11) is 0. The van der Waals surface area contributed by atoms with Gasteiger partial charge in [-0.05, 0) is 55.8 Å². The topological polar surface area (TPSA) is 76.1 Å². The van der Waals surface area contributed by atoms with Crippen LogP contribution in [0.15, 0.2) is 67.6 Å². The zero-order valence-electron chi connectivity index (χ0n) is 20.0. The Morgan fingerprint density at radius 2 is 1.86 bits per heavy atom. The number of hydrogen-bond donors (Lipinski definition) is 2. The highest BCUT2D eigenvalue weighted by atomic mass is 35.5. The molecule has 35 heavy (non-hydrogen) atoms. The Balaban J connectivity index is 1.57. The lowest BCUT2D eigenvalue weighted by Gasteiger charge is -2.16. The van der Waals surface area contributed by atoms with Gasteiger partial charge in [-0.2, -0.15) is 0 Å². The van der Waals surface area contributed by atoms with Crippen molar-refractivity contribution in [2.24, 2.45) is 0 Å². The molecule has 178 valence electrons. The normalized spacial score (nSPS) is 10.7. The van der Waals surface area contributed by atoms with Gasteiger partial charge >= 0.3 is 0 Å². The molecule has 0 fully saturated rings. The zero-order valence-corrected chi connectivity index (χ0v) is 20.7. The van der Waals surface area contributed by atoms with Crippen LogP contribution in [0.2, 0.25) is 5.02 Å². The standard InChI is InChI=1S/C28H27ClN4O2/c1-5-31-24-12-19(4)33-27-21(24)10-7-11-25(27)35-16-22-20(13-30-15-23(22)29)14-32-28(34)26-17(2)8-6-9-18(26)3/h5-13,15H,1,14,16H2,2-4H3,(H,31,33)(H,32,34). The van der Waals surface area contributed by atoms with Gasteiger partial charge in [0.2, 0.25) is 0 Å². The first-order chi connectivity index (χ1) is 16.9. The second-order valence-corrected chi connectivity index (χ2v) is 8.72. The van der Waals surface area contributed by atoms with Crippen molar-refractivity contribution in [3.8, 4) is 5.75 Å². The fraction of sp³-hybridized carbons (Fsp3) is 0.179. The molecule has 0 radical (unpaired) electrons. The third kappa shape index (κ3) is 5.28. The van der Waals surface area contributed by atoms with E-state index < -0.39 is 0 Å². The van der Waals surface area contributed by atoms with Crippen molar-refractivity contribution in [3.63, 3.8) is 0 Å². The number of hydrogen-bond acceptors (Lipinski definition) is 5. The summed E-state index contributed by atoms with van der Waals surface area (Å²) in [5, 5.41) is 7.56. The van der Waals surface area contributed by atoms with Gasteiger partial charge in [0.15, 0.2) is 0 Å². The van der Waals surface area contributed by atoms with Crippen molar-refractivity contribution in [1.29, 1.82) is 0 Å². The lowest BCUT2D eigenvalue weighted by Crippen LogP contribution is -2.25. The third-order valence-corrected chi connectivity index (χ3v) is 6.13. The van der Waals surface area contributed by atoms with Crippen molar-refractivity contribution < 1.29 is 9.53 Å². The SMILES string of the molecule is C=CNc1cc(C)nc2c(OCc3c(Cl)cncc3CNC(=O)c3c(C)cccc3C)cccc12. The van der Waals surface area contributed by atoms with Crippen LogP contribution in [0.1, 0.15) is 38.3 Å². The molecule has 4 rings (SSSR count). The first-order valence-electron chi connectivity index (χ1n) is 11.2. The maximum atomic E-state index is 12.9. The number of halogens is 1. The van der Waals surface area contributed by atoms with E-state index in [4.69, 9.17) is 16.3 Å². The van der Waals surface area contributed by atoms with E-state index in [9.17, 15) is 4.79 Å².